The fraction of sp³-hybridized carbons (Fsp3) is 0.400. The zero-order valence-electron chi connectivity index (χ0n) is 16.9. The van der Waals surface area contributed by atoms with Crippen LogP contribution in [0, 0.1) is 13.8 Å². The first-order chi connectivity index (χ1) is 13.6. The van der Waals surface area contributed by atoms with Gasteiger partial charge < -0.3 is 14.6 Å². The normalized spacial score (nSPS) is 17.3. The minimum atomic E-state index is -3.94. The molecule has 0 saturated carbocycles. The fourth-order valence-electron chi connectivity index (χ4n) is 3.49. The van der Waals surface area contributed by atoms with Crippen molar-refractivity contribution in [3.63, 3.8) is 0 Å². The van der Waals surface area contributed by atoms with Crippen LogP contribution in [0.4, 0.5) is 5.69 Å². The molecule has 2 heterocycles. The number of esters is 1. The van der Waals surface area contributed by atoms with Crippen LogP contribution in [-0.2, 0) is 26.6 Å². The van der Waals surface area contributed by atoms with Crippen molar-refractivity contribution in [1.29, 1.82) is 0 Å². The van der Waals surface area contributed by atoms with E-state index in [0.717, 1.165) is 11.1 Å². The summed E-state index contributed by atoms with van der Waals surface area (Å²) in [5.41, 5.74) is 2.71. The van der Waals surface area contributed by atoms with E-state index in [1.807, 2.05) is 32.0 Å². The van der Waals surface area contributed by atoms with Gasteiger partial charge in [-0.25, -0.2) is 13.2 Å². The lowest BCUT2D eigenvalue weighted by molar-refractivity contribution is -0.119. The van der Waals surface area contributed by atoms with Crippen molar-refractivity contribution in [2.45, 2.75) is 37.6 Å². The summed E-state index contributed by atoms with van der Waals surface area (Å²) >= 11 is 0. The third-order valence-electron chi connectivity index (χ3n) is 5.14. The molecular weight excluding hydrogens is 394 g/mol. The van der Waals surface area contributed by atoms with Crippen molar-refractivity contribution in [1.82, 2.24) is 8.87 Å². The molecule has 1 aliphatic rings. The Labute approximate surface area is 170 Å². The largest absolute Gasteiger partial charge is 0.464 e. The molecule has 1 fully saturated rings. The number of carbonyl (C=O) groups excluding carboxylic acids is 2. The maximum Gasteiger partial charge on any atom is 0.354 e. The summed E-state index contributed by atoms with van der Waals surface area (Å²) in [6.45, 7) is 4.06. The van der Waals surface area contributed by atoms with Gasteiger partial charge in [0.1, 0.15) is 16.6 Å². The first-order valence-corrected chi connectivity index (χ1v) is 10.7. The van der Waals surface area contributed by atoms with Gasteiger partial charge in [0.15, 0.2) is 0 Å². The summed E-state index contributed by atoms with van der Waals surface area (Å²) in [5.74, 6) is -0.983. The number of sulfonamides is 1. The predicted octanol–water partition coefficient (Wildman–Crippen LogP) is 2.22. The highest BCUT2D eigenvalue weighted by Gasteiger charge is 2.40. The molecule has 2 aromatic rings. The van der Waals surface area contributed by atoms with E-state index in [2.05, 4.69) is 10.1 Å². The van der Waals surface area contributed by atoms with Crippen molar-refractivity contribution in [3.05, 3.63) is 47.3 Å². The summed E-state index contributed by atoms with van der Waals surface area (Å²) in [6.07, 6.45) is 2.38. The van der Waals surface area contributed by atoms with Crippen LogP contribution >= 0.6 is 0 Å². The van der Waals surface area contributed by atoms with E-state index in [4.69, 9.17) is 0 Å². The Morgan fingerprint density at radius 1 is 1.21 bits per heavy atom. The van der Waals surface area contributed by atoms with Gasteiger partial charge >= 0.3 is 5.97 Å². The van der Waals surface area contributed by atoms with Gasteiger partial charge in [-0.05, 0) is 49.9 Å². The molecule has 29 heavy (non-hydrogen) atoms. The minimum Gasteiger partial charge on any atom is -0.464 e. The van der Waals surface area contributed by atoms with Crippen LogP contribution in [0.25, 0.3) is 0 Å². The highest BCUT2D eigenvalue weighted by Crippen LogP contribution is 2.28. The first-order valence-electron chi connectivity index (χ1n) is 9.30. The molecule has 1 saturated heterocycles. The molecule has 0 aliphatic carbocycles. The summed E-state index contributed by atoms with van der Waals surface area (Å²) < 4.78 is 33.7. The number of ether oxygens (including phenoxy) is 1. The molecule has 156 valence electrons. The summed E-state index contributed by atoms with van der Waals surface area (Å²) in [6, 6.07) is 6.19. The molecule has 1 atom stereocenters. The van der Waals surface area contributed by atoms with Gasteiger partial charge in [-0.1, -0.05) is 12.1 Å². The number of nitrogens with one attached hydrogen (secondary N) is 1. The van der Waals surface area contributed by atoms with Crippen LogP contribution in [0.2, 0.25) is 0 Å². The number of nitrogens with zero attached hydrogens (tertiary/aromatic N) is 2. The molecule has 9 heteroatoms. The summed E-state index contributed by atoms with van der Waals surface area (Å²) in [7, 11) is -1.14. The van der Waals surface area contributed by atoms with E-state index in [1.54, 1.807) is 7.05 Å². The molecule has 0 radical (unpaired) electrons. The van der Waals surface area contributed by atoms with Gasteiger partial charge in [0.05, 0.1) is 7.11 Å². The molecule has 0 bridgehead atoms. The maximum absolute atomic E-state index is 13.2. The van der Waals surface area contributed by atoms with E-state index in [-0.39, 0.29) is 23.0 Å². The predicted molar refractivity (Wildman–Crippen MR) is 108 cm³/mol. The molecule has 0 spiro atoms. The number of aryl methyl sites for hydroxylation is 3. The van der Waals surface area contributed by atoms with Crippen LogP contribution in [0.1, 0.15) is 34.5 Å². The van der Waals surface area contributed by atoms with Crippen molar-refractivity contribution in [3.8, 4) is 0 Å². The molecular formula is C20H25N3O5S. The summed E-state index contributed by atoms with van der Waals surface area (Å²) in [4.78, 5) is 24.7. The second-order valence-corrected chi connectivity index (χ2v) is 9.14. The number of aromatic nitrogens is 1. The minimum absolute atomic E-state index is 0.0353. The van der Waals surface area contributed by atoms with Gasteiger partial charge in [-0.2, -0.15) is 4.31 Å². The molecule has 1 N–H and O–H groups in total. The fourth-order valence-corrected chi connectivity index (χ4v) is 5.22. The lowest BCUT2D eigenvalue weighted by Crippen LogP contribution is -2.43. The highest BCUT2D eigenvalue weighted by molar-refractivity contribution is 7.89. The Balaban J connectivity index is 1.87. The zero-order valence-corrected chi connectivity index (χ0v) is 17.7. The molecule has 1 aromatic heterocycles. The molecule has 1 aromatic carbocycles. The van der Waals surface area contributed by atoms with Crippen LogP contribution in [0.3, 0.4) is 0 Å². The number of rotatable bonds is 5. The third kappa shape index (κ3) is 4.06. The van der Waals surface area contributed by atoms with Gasteiger partial charge in [-0.3, -0.25) is 4.79 Å². The van der Waals surface area contributed by atoms with Crippen LogP contribution in [0.5, 0.6) is 0 Å². The zero-order chi connectivity index (χ0) is 21.3. The lowest BCUT2D eigenvalue weighted by atomic mass is 10.1. The Morgan fingerprint density at radius 3 is 2.62 bits per heavy atom. The van der Waals surface area contributed by atoms with Gasteiger partial charge in [0, 0.05) is 25.5 Å². The van der Waals surface area contributed by atoms with Crippen LogP contribution < -0.4 is 5.32 Å². The quantitative estimate of drug-likeness (QED) is 0.750. The molecule has 1 aliphatic heterocycles. The van der Waals surface area contributed by atoms with Gasteiger partial charge in [-0.15, -0.1) is 0 Å². The van der Waals surface area contributed by atoms with E-state index >= 15 is 0 Å². The van der Waals surface area contributed by atoms with E-state index in [0.29, 0.717) is 18.5 Å². The molecule has 1 amide bonds. The Hall–Kier alpha value is -2.65. The average molecular weight is 420 g/mol. The van der Waals surface area contributed by atoms with Crippen molar-refractivity contribution in [2.75, 3.05) is 19.0 Å². The summed E-state index contributed by atoms with van der Waals surface area (Å²) in [5, 5.41) is 2.87. The second kappa shape index (κ2) is 8.00. The highest BCUT2D eigenvalue weighted by atomic mass is 32.2. The Morgan fingerprint density at radius 2 is 1.93 bits per heavy atom. The topological polar surface area (TPSA) is 97.7 Å². The average Bonchev–Trinajstić information content (AvgIpc) is 3.31. The lowest BCUT2D eigenvalue weighted by Gasteiger charge is -2.23. The number of amides is 1. The smallest absolute Gasteiger partial charge is 0.354 e. The van der Waals surface area contributed by atoms with Crippen LogP contribution in [-0.4, -0.2) is 48.9 Å². The van der Waals surface area contributed by atoms with Crippen molar-refractivity contribution in [2.24, 2.45) is 7.05 Å². The standard InChI is InChI=1S/C20H25N3O5S/c1-13-7-8-14(2)16(10-13)21-19(24)17-6-5-9-23(17)29(26,27)15-11-18(20(25)28-4)22(3)12-15/h7-8,10-12,17H,5-6,9H2,1-4H3,(H,21,24). The van der Waals surface area contributed by atoms with Crippen molar-refractivity contribution < 1.29 is 22.7 Å². The van der Waals surface area contributed by atoms with Gasteiger partial charge in [0.25, 0.3) is 0 Å². The number of hydrogen-bond donors (Lipinski definition) is 1. The number of benzene rings is 1. The molecule has 3 rings (SSSR count). The first kappa shape index (κ1) is 21.1. The van der Waals surface area contributed by atoms with E-state index in [1.165, 1.54) is 28.2 Å². The second-order valence-electron chi connectivity index (χ2n) is 7.24. The number of hydrogen-bond acceptors (Lipinski definition) is 5. The van der Waals surface area contributed by atoms with Crippen LogP contribution in [0.15, 0.2) is 35.4 Å². The van der Waals surface area contributed by atoms with E-state index in [9.17, 15) is 18.0 Å². The Bertz CT molecular complexity index is 1060. The molecule has 1 unspecified atom stereocenters. The maximum atomic E-state index is 13.2. The monoisotopic (exact) mass is 419 g/mol. The number of methoxy groups -OCH3 is 1. The van der Waals surface area contributed by atoms with Gasteiger partial charge in [0.2, 0.25) is 15.9 Å². The van der Waals surface area contributed by atoms with E-state index < -0.39 is 22.0 Å². The third-order valence-corrected chi connectivity index (χ3v) is 7.01. The molecule has 8 nitrogen and oxygen atoms in total. The SMILES string of the molecule is COC(=O)c1cc(S(=O)(=O)N2CCCC2C(=O)Nc2cc(C)ccc2C)cn1C. The number of carbonyl (C=O) groups is 2. The number of anilines is 1. The van der Waals surface area contributed by atoms with Crippen molar-refractivity contribution >= 4 is 27.6 Å². The Kier molecular flexibility index (Phi) is 5.81.